The van der Waals surface area contributed by atoms with Gasteiger partial charge in [0.15, 0.2) is 0 Å². The molecule has 1 aromatic carbocycles. The molecule has 0 spiro atoms. The van der Waals surface area contributed by atoms with Gasteiger partial charge in [0, 0.05) is 17.1 Å². The van der Waals surface area contributed by atoms with Crippen molar-refractivity contribution < 1.29 is 0 Å². The Bertz CT molecular complexity index is 765. The van der Waals surface area contributed by atoms with Crippen LogP contribution in [0.4, 0.5) is 0 Å². The molecule has 23 heavy (non-hydrogen) atoms. The van der Waals surface area contributed by atoms with Crippen molar-refractivity contribution in [2.45, 2.75) is 40.0 Å². The van der Waals surface area contributed by atoms with Crippen LogP contribution in [0.5, 0.6) is 0 Å². The highest BCUT2D eigenvalue weighted by Crippen LogP contribution is 2.17. The number of pyridine rings is 1. The molecule has 0 aliphatic rings. The highest BCUT2D eigenvalue weighted by atomic mass is 15.1. The lowest BCUT2D eigenvalue weighted by molar-refractivity contribution is 0.787. The molecule has 0 unspecified atom stereocenters. The Balaban J connectivity index is 1.76. The summed E-state index contributed by atoms with van der Waals surface area (Å²) < 4.78 is 2.23. The van der Waals surface area contributed by atoms with E-state index in [1.807, 2.05) is 0 Å². The summed E-state index contributed by atoms with van der Waals surface area (Å²) in [7, 11) is 0. The molecule has 0 amide bonds. The van der Waals surface area contributed by atoms with Crippen LogP contribution in [0.15, 0.2) is 54.6 Å². The molecule has 3 rings (SSSR count). The van der Waals surface area contributed by atoms with Crippen LogP contribution in [0.1, 0.15) is 34.6 Å². The maximum atomic E-state index is 4.89. The van der Waals surface area contributed by atoms with Crippen molar-refractivity contribution in [3.8, 4) is 5.82 Å². The van der Waals surface area contributed by atoms with Crippen molar-refractivity contribution in [3.05, 3.63) is 82.8 Å². The van der Waals surface area contributed by atoms with Crippen molar-refractivity contribution in [1.29, 1.82) is 0 Å². The normalized spacial score (nSPS) is 10.9. The van der Waals surface area contributed by atoms with Gasteiger partial charge in [0.1, 0.15) is 5.82 Å². The summed E-state index contributed by atoms with van der Waals surface area (Å²) in [5.41, 5.74) is 6.32. The van der Waals surface area contributed by atoms with E-state index in [4.69, 9.17) is 4.98 Å². The predicted molar refractivity (Wildman–Crippen MR) is 96.2 cm³/mol. The molecular weight excluding hydrogens is 280 g/mol. The number of nitrogens with zero attached hydrogens (tertiary/aromatic N) is 2. The van der Waals surface area contributed by atoms with Gasteiger partial charge in [-0.2, -0.15) is 0 Å². The van der Waals surface area contributed by atoms with Crippen LogP contribution < -0.4 is 0 Å². The van der Waals surface area contributed by atoms with E-state index in [2.05, 4.69) is 79.9 Å². The molecule has 0 atom stereocenters. The largest absolute Gasteiger partial charge is 0.303 e. The van der Waals surface area contributed by atoms with E-state index in [9.17, 15) is 0 Å². The first-order valence-electron chi connectivity index (χ1n) is 8.30. The molecular formula is C21H24N2. The predicted octanol–water partition coefficient (Wildman–Crippen LogP) is 4.97. The Kier molecular flexibility index (Phi) is 4.61. The number of benzene rings is 1. The topological polar surface area (TPSA) is 17.8 Å². The molecule has 118 valence electrons. The van der Waals surface area contributed by atoms with Gasteiger partial charge in [0.25, 0.3) is 0 Å². The van der Waals surface area contributed by atoms with Gasteiger partial charge < -0.3 is 4.57 Å². The van der Waals surface area contributed by atoms with Crippen LogP contribution in [0.3, 0.4) is 0 Å². The second kappa shape index (κ2) is 6.82. The second-order valence-corrected chi connectivity index (χ2v) is 6.28. The summed E-state index contributed by atoms with van der Waals surface area (Å²) in [5.74, 6) is 1.04. The molecule has 0 aliphatic heterocycles. The first-order valence-corrected chi connectivity index (χ1v) is 8.30. The van der Waals surface area contributed by atoms with Crippen molar-refractivity contribution in [1.82, 2.24) is 9.55 Å². The van der Waals surface area contributed by atoms with Crippen molar-refractivity contribution >= 4 is 0 Å². The number of hydrogen-bond donors (Lipinski definition) is 0. The van der Waals surface area contributed by atoms with Crippen molar-refractivity contribution in [3.63, 3.8) is 0 Å². The lowest BCUT2D eigenvalue weighted by atomic mass is 10.1. The van der Waals surface area contributed by atoms with E-state index in [1.165, 1.54) is 28.2 Å². The molecule has 2 aromatic heterocycles. The van der Waals surface area contributed by atoms with Gasteiger partial charge in [-0.25, -0.2) is 4.98 Å². The molecule has 2 nitrogen and oxygen atoms in total. The molecule has 0 fully saturated rings. The number of aryl methyl sites for hydroxylation is 5. The molecule has 0 saturated carbocycles. The Morgan fingerprint density at radius 1 is 0.826 bits per heavy atom. The zero-order valence-corrected chi connectivity index (χ0v) is 14.2. The van der Waals surface area contributed by atoms with Crippen LogP contribution in [0.2, 0.25) is 0 Å². The molecule has 0 N–H and O–H groups in total. The fraction of sp³-hybridized carbons (Fsp3) is 0.286. The first kappa shape index (κ1) is 15.5. The second-order valence-electron chi connectivity index (χ2n) is 6.28. The third-order valence-electron chi connectivity index (χ3n) is 4.25. The van der Waals surface area contributed by atoms with Gasteiger partial charge in [-0.1, -0.05) is 30.3 Å². The summed E-state index contributed by atoms with van der Waals surface area (Å²) >= 11 is 0. The standard InChI is InChI=1S/C21H24N2/c1-16-14-20(11-7-10-19-8-5-4-6-9-19)22-21(15-16)23-17(2)12-13-18(23)3/h4-6,8-9,12-15H,7,10-11H2,1-3H3. The van der Waals surface area contributed by atoms with E-state index in [0.29, 0.717) is 0 Å². The van der Waals surface area contributed by atoms with Crippen LogP contribution >= 0.6 is 0 Å². The van der Waals surface area contributed by atoms with Crippen molar-refractivity contribution in [2.24, 2.45) is 0 Å². The average Bonchev–Trinajstić information content (AvgIpc) is 2.87. The zero-order chi connectivity index (χ0) is 16.2. The minimum absolute atomic E-state index is 1.02. The Hall–Kier alpha value is -2.35. The van der Waals surface area contributed by atoms with Crippen LogP contribution in [0.25, 0.3) is 5.82 Å². The summed E-state index contributed by atoms with van der Waals surface area (Å²) in [6.07, 6.45) is 3.25. The van der Waals surface area contributed by atoms with E-state index in [1.54, 1.807) is 0 Å². The maximum absolute atomic E-state index is 4.89. The third-order valence-corrected chi connectivity index (χ3v) is 4.25. The number of aromatic nitrogens is 2. The quantitative estimate of drug-likeness (QED) is 0.650. The lowest BCUT2D eigenvalue weighted by Gasteiger charge is -2.12. The smallest absolute Gasteiger partial charge is 0.137 e. The molecule has 0 aliphatic carbocycles. The zero-order valence-electron chi connectivity index (χ0n) is 14.2. The summed E-state index contributed by atoms with van der Waals surface area (Å²) in [6, 6.07) is 19.3. The van der Waals surface area contributed by atoms with Gasteiger partial charge in [-0.15, -0.1) is 0 Å². The summed E-state index contributed by atoms with van der Waals surface area (Å²) in [4.78, 5) is 4.89. The average molecular weight is 304 g/mol. The molecule has 0 saturated heterocycles. The highest BCUT2D eigenvalue weighted by Gasteiger charge is 2.07. The van der Waals surface area contributed by atoms with Gasteiger partial charge in [0.2, 0.25) is 0 Å². The number of rotatable bonds is 5. The summed E-state index contributed by atoms with van der Waals surface area (Å²) in [6.45, 7) is 6.41. The van der Waals surface area contributed by atoms with E-state index >= 15 is 0 Å². The Labute approximate surface area is 138 Å². The third kappa shape index (κ3) is 3.70. The van der Waals surface area contributed by atoms with Gasteiger partial charge >= 0.3 is 0 Å². The molecule has 2 heterocycles. The van der Waals surface area contributed by atoms with Gasteiger partial charge in [0.05, 0.1) is 0 Å². The fourth-order valence-corrected chi connectivity index (χ4v) is 3.11. The maximum Gasteiger partial charge on any atom is 0.137 e. The van der Waals surface area contributed by atoms with Crippen LogP contribution in [-0.2, 0) is 12.8 Å². The molecule has 2 heteroatoms. The summed E-state index contributed by atoms with van der Waals surface area (Å²) in [5, 5.41) is 0. The highest BCUT2D eigenvalue weighted by molar-refractivity contribution is 5.35. The van der Waals surface area contributed by atoms with Gasteiger partial charge in [-0.05, 0) is 75.4 Å². The van der Waals surface area contributed by atoms with E-state index in [-0.39, 0.29) is 0 Å². The lowest BCUT2D eigenvalue weighted by Crippen LogP contribution is -2.05. The minimum atomic E-state index is 1.02. The minimum Gasteiger partial charge on any atom is -0.303 e. The Morgan fingerprint density at radius 3 is 2.22 bits per heavy atom. The van der Waals surface area contributed by atoms with Gasteiger partial charge in [-0.3, -0.25) is 0 Å². The molecule has 0 bridgehead atoms. The van der Waals surface area contributed by atoms with Crippen LogP contribution in [-0.4, -0.2) is 9.55 Å². The Morgan fingerprint density at radius 2 is 1.52 bits per heavy atom. The monoisotopic (exact) mass is 304 g/mol. The van der Waals surface area contributed by atoms with Crippen LogP contribution in [0, 0.1) is 20.8 Å². The van der Waals surface area contributed by atoms with E-state index in [0.717, 1.165) is 25.1 Å². The van der Waals surface area contributed by atoms with E-state index < -0.39 is 0 Å². The van der Waals surface area contributed by atoms with Crippen molar-refractivity contribution in [2.75, 3.05) is 0 Å². The molecule has 0 radical (unpaired) electrons. The molecule has 3 aromatic rings. The number of hydrogen-bond acceptors (Lipinski definition) is 1. The SMILES string of the molecule is Cc1cc(CCCc2ccccc2)nc(-n2c(C)ccc2C)c1. The first-order chi connectivity index (χ1) is 11.1. The fourth-order valence-electron chi connectivity index (χ4n) is 3.11.